The number of benzene rings is 2. The average molecular weight is 1250 g/mol. The zero-order valence-corrected chi connectivity index (χ0v) is 49.4. The third-order valence-electron chi connectivity index (χ3n) is 13.4. The second kappa shape index (κ2) is 42.5. The van der Waals surface area contributed by atoms with Crippen LogP contribution in [-0.4, -0.2) is 266 Å². The highest BCUT2D eigenvalue weighted by molar-refractivity contribution is 5.89. The van der Waals surface area contributed by atoms with Crippen LogP contribution in [0.3, 0.4) is 0 Å². The molecule has 4 atom stereocenters. The summed E-state index contributed by atoms with van der Waals surface area (Å²) >= 11 is 0. The van der Waals surface area contributed by atoms with Gasteiger partial charge in [-0.25, -0.2) is 9.59 Å². The molecule has 1 aliphatic rings. The van der Waals surface area contributed by atoms with Gasteiger partial charge in [0.15, 0.2) is 18.6 Å². The molecule has 0 aliphatic carbocycles. The van der Waals surface area contributed by atoms with Crippen LogP contribution in [0.4, 0.5) is 4.79 Å². The van der Waals surface area contributed by atoms with Gasteiger partial charge in [-0.15, -0.1) is 0 Å². The molecule has 1 heterocycles. The van der Waals surface area contributed by atoms with Crippen LogP contribution < -0.4 is 36.6 Å². The standard InChI is InChI=1S/C57H84N10O21/c1-2-8-45(56(82)83)62-57(84)63-50(88-39-68)11-6-7-16-59-54(79)46(30-40-9-4-3-5-10-40)61-49(72)38-87-44-14-12-41(13-15-44)29-42(55(80)81)31-43(69)32-60-48(71)37-86-28-27-85-26-17-58-47(70)33-64-18-20-65(34-51(73)74)22-24-67(36-53(77)78)25-23-66(21-19-64)35-52(75)76/h3-5,9-10,12-15,39,42,45-46,50H,2,6-8,11,16-38H2,1H3,(H,58,70)(H,59,79)(H,60,71)(H,61,72)(H,73,74)(H,75,76)(H,77,78)(H,80,81)(H,82,83)(H2,62,63,84)/t42-,45+,46+,50-/m1/s1. The van der Waals surface area contributed by atoms with Gasteiger partial charge in [0.05, 0.1) is 58.5 Å². The quantitative estimate of drug-likeness (QED) is 0.0196. The number of unbranched alkanes of at least 4 members (excludes halogenated alkanes) is 1. The number of nitrogens with zero attached hydrogens (tertiary/aromatic N) is 4. The van der Waals surface area contributed by atoms with Gasteiger partial charge in [-0.3, -0.25) is 67.5 Å². The van der Waals surface area contributed by atoms with Gasteiger partial charge in [0, 0.05) is 84.7 Å². The predicted octanol–water partition coefficient (Wildman–Crippen LogP) is -1.93. The van der Waals surface area contributed by atoms with Gasteiger partial charge in [-0.1, -0.05) is 55.8 Å². The average Bonchev–Trinajstić information content (AvgIpc) is 3.28. The highest BCUT2D eigenvalue weighted by atomic mass is 16.5. The van der Waals surface area contributed by atoms with E-state index in [9.17, 15) is 83.1 Å². The molecule has 88 heavy (non-hydrogen) atoms. The van der Waals surface area contributed by atoms with Crippen LogP contribution in [0.25, 0.3) is 0 Å². The molecule has 3 rings (SSSR count). The number of amides is 6. The number of ether oxygens (including phenoxy) is 4. The number of urea groups is 1. The summed E-state index contributed by atoms with van der Waals surface area (Å²) in [7, 11) is 0. The fourth-order valence-electron chi connectivity index (χ4n) is 8.91. The minimum atomic E-state index is -1.24. The highest BCUT2D eigenvalue weighted by Crippen LogP contribution is 2.18. The summed E-state index contributed by atoms with van der Waals surface area (Å²) in [4.78, 5) is 153. The number of rotatable bonds is 42. The maximum Gasteiger partial charge on any atom is 0.326 e. The van der Waals surface area contributed by atoms with E-state index in [4.69, 9.17) is 18.9 Å². The second-order valence-electron chi connectivity index (χ2n) is 20.6. The predicted molar refractivity (Wildman–Crippen MR) is 311 cm³/mol. The van der Waals surface area contributed by atoms with Crippen LogP contribution in [0.2, 0.25) is 0 Å². The van der Waals surface area contributed by atoms with Gasteiger partial charge in [-0.2, -0.15) is 0 Å². The molecule has 0 bridgehead atoms. The molecule has 11 N–H and O–H groups in total. The van der Waals surface area contributed by atoms with Crippen LogP contribution >= 0.6 is 0 Å². The van der Waals surface area contributed by atoms with E-state index < -0.39 is 110 Å². The Bertz CT molecular complexity index is 2520. The topological polar surface area (TPSA) is 428 Å². The molecule has 0 spiro atoms. The molecule has 0 unspecified atom stereocenters. The summed E-state index contributed by atoms with van der Waals surface area (Å²) in [6, 6.07) is 12.2. The van der Waals surface area contributed by atoms with E-state index in [1.807, 2.05) is 0 Å². The lowest BCUT2D eigenvalue weighted by molar-refractivity contribution is -0.143. The summed E-state index contributed by atoms with van der Waals surface area (Å²) in [6.45, 7) is 2.03. The molecular formula is C57H84N10O21. The fourth-order valence-corrected chi connectivity index (χ4v) is 8.91. The van der Waals surface area contributed by atoms with Gasteiger partial charge >= 0.3 is 35.9 Å². The van der Waals surface area contributed by atoms with Crippen LogP contribution in [-0.2, 0) is 79.8 Å². The fraction of sp³-hybridized carbons (Fsp3) is 0.579. The number of nitrogens with one attached hydrogen (secondary N) is 6. The Kier molecular flexibility index (Phi) is 35.7. The minimum absolute atomic E-state index is 0.0124. The molecule has 2 aromatic rings. The third kappa shape index (κ3) is 33.5. The number of hydrogen-bond donors (Lipinski definition) is 11. The van der Waals surface area contributed by atoms with Crippen molar-refractivity contribution in [1.82, 2.24) is 51.5 Å². The molecule has 0 radical (unpaired) electrons. The summed E-state index contributed by atoms with van der Waals surface area (Å²) in [5.41, 5.74) is 1.30. The molecule has 31 heteroatoms. The van der Waals surface area contributed by atoms with E-state index in [0.29, 0.717) is 24.8 Å². The summed E-state index contributed by atoms with van der Waals surface area (Å²) in [5, 5.41) is 62.8. The molecule has 488 valence electrons. The second-order valence-corrected chi connectivity index (χ2v) is 20.6. The molecule has 6 amide bonds. The Morgan fingerprint density at radius 1 is 0.545 bits per heavy atom. The zero-order valence-electron chi connectivity index (χ0n) is 49.4. The first-order valence-corrected chi connectivity index (χ1v) is 28.8. The largest absolute Gasteiger partial charge is 0.484 e. The lowest BCUT2D eigenvalue weighted by Crippen LogP contribution is -2.50. The van der Waals surface area contributed by atoms with Crippen molar-refractivity contribution in [2.45, 2.75) is 76.6 Å². The van der Waals surface area contributed by atoms with Gasteiger partial charge in [0.2, 0.25) is 17.7 Å². The van der Waals surface area contributed by atoms with Crippen molar-refractivity contribution < 1.29 is 102 Å². The Morgan fingerprint density at radius 2 is 1.11 bits per heavy atom. The maximum atomic E-state index is 13.4. The molecule has 1 saturated heterocycles. The first kappa shape index (κ1) is 73.9. The molecule has 1 aliphatic heterocycles. The SMILES string of the molecule is CCC[C@H](NC(=O)N[C@@H](CCCCNC(=O)[C@H](Cc1ccccc1)NC(=O)COc1ccc(C[C@H](CC(=O)CNC(=O)COCCOCCNC(=O)CN2CCN(CC(=O)O)CCN(CC(=O)O)CCN(CC(=O)O)CC2)C(=O)O)cc1)OC=O)C(=O)O. The summed E-state index contributed by atoms with van der Waals surface area (Å²) in [6.07, 6.45) is 0.281. The molecule has 0 aromatic heterocycles. The van der Waals surface area contributed by atoms with Crippen molar-refractivity contribution in [2.24, 2.45) is 5.92 Å². The van der Waals surface area contributed by atoms with E-state index in [1.54, 1.807) is 69.0 Å². The third-order valence-corrected chi connectivity index (χ3v) is 13.4. The first-order chi connectivity index (χ1) is 42.1. The number of carbonyl (C=O) groups is 12. The Labute approximate surface area is 509 Å². The van der Waals surface area contributed by atoms with Crippen molar-refractivity contribution in [3.05, 3.63) is 65.7 Å². The van der Waals surface area contributed by atoms with E-state index >= 15 is 0 Å². The van der Waals surface area contributed by atoms with Crippen molar-refractivity contribution in [3.8, 4) is 5.75 Å². The monoisotopic (exact) mass is 1240 g/mol. The maximum absolute atomic E-state index is 13.4. The van der Waals surface area contributed by atoms with E-state index in [2.05, 4.69) is 31.9 Å². The Morgan fingerprint density at radius 3 is 1.66 bits per heavy atom. The number of Topliss-reactive ketones (excluding diaryl/α,β-unsaturated/α-hetero) is 1. The van der Waals surface area contributed by atoms with Crippen molar-refractivity contribution in [3.63, 3.8) is 0 Å². The van der Waals surface area contributed by atoms with Gasteiger partial charge in [0.25, 0.3) is 12.4 Å². The van der Waals surface area contributed by atoms with E-state index in [-0.39, 0.29) is 155 Å². The van der Waals surface area contributed by atoms with Gasteiger partial charge in [0.1, 0.15) is 24.4 Å². The molecule has 1 fully saturated rings. The summed E-state index contributed by atoms with van der Waals surface area (Å²) in [5.74, 6) is -9.16. The zero-order chi connectivity index (χ0) is 64.6. The molecular weight excluding hydrogens is 1160 g/mol. The first-order valence-electron chi connectivity index (χ1n) is 28.8. The van der Waals surface area contributed by atoms with Crippen LogP contribution in [0.5, 0.6) is 5.75 Å². The van der Waals surface area contributed by atoms with Crippen molar-refractivity contribution in [1.29, 1.82) is 0 Å². The molecule has 0 saturated carbocycles. The molecule has 31 nitrogen and oxygen atoms in total. The van der Waals surface area contributed by atoms with Gasteiger partial charge < -0.3 is 76.4 Å². The minimum Gasteiger partial charge on any atom is -0.484 e. The van der Waals surface area contributed by atoms with Crippen LogP contribution in [0.15, 0.2) is 54.6 Å². The van der Waals surface area contributed by atoms with Gasteiger partial charge in [-0.05, 0) is 48.9 Å². The smallest absolute Gasteiger partial charge is 0.326 e. The van der Waals surface area contributed by atoms with Crippen molar-refractivity contribution in [2.75, 3.05) is 131 Å². The number of carboxylic acids is 5. The summed E-state index contributed by atoms with van der Waals surface area (Å²) < 4.78 is 21.4. The Balaban J connectivity index is 1.36. The van der Waals surface area contributed by atoms with Crippen LogP contribution in [0, 0.1) is 5.92 Å². The number of carbonyl (C=O) groups excluding carboxylic acids is 7. The Hall–Kier alpha value is -8.36. The lowest BCUT2D eigenvalue weighted by Gasteiger charge is -2.32. The van der Waals surface area contributed by atoms with E-state index in [1.165, 1.54) is 12.1 Å². The van der Waals surface area contributed by atoms with E-state index in [0.717, 1.165) is 5.56 Å². The normalized spacial score (nSPS) is 15.0. The van der Waals surface area contributed by atoms with Crippen molar-refractivity contribution >= 4 is 71.8 Å². The number of carboxylic acid groups (broad SMARTS) is 5. The highest BCUT2D eigenvalue weighted by Gasteiger charge is 2.26. The number of aliphatic carboxylic acids is 5. The number of hydrogen-bond acceptors (Lipinski definition) is 20. The lowest BCUT2D eigenvalue weighted by atomic mass is 9.94. The number of ketones is 1. The molecule has 2 aromatic carbocycles. The van der Waals surface area contributed by atoms with Crippen LogP contribution in [0.1, 0.15) is 56.6 Å².